The maximum atomic E-state index is 5.40. The second-order valence-electron chi connectivity index (χ2n) is 5.51. The summed E-state index contributed by atoms with van der Waals surface area (Å²) in [6.45, 7) is 0.997. The maximum Gasteiger partial charge on any atom is 0.162 e. The lowest BCUT2D eigenvalue weighted by atomic mass is 9.88. The van der Waals surface area contributed by atoms with E-state index in [2.05, 4.69) is 41.7 Å². The van der Waals surface area contributed by atoms with Gasteiger partial charge in [0.05, 0.1) is 14.2 Å². The number of benzene rings is 2. The second kappa shape index (κ2) is 6.08. The average Bonchev–Trinajstić information content (AvgIpc) is 2.54. The zero-order valence-corrected chi connectivity index (χ0v) is 12.6. The number of ether oxygens (including phenoxy) is 2. The molecule has 0 aromatic heterocycles. The molecular weight excluding hydrogens is 262 g/mol. The molecule has 0 fully saturated rings. The Morgan fingerprint density at radius 3 is 2.48 bits per heavy atom. The van der Waals surface area contributed by atoms with Gasteiger partial charge >= 0.3 is 0 Å². The van der Waals surface area contributed by atoms with E-state index in [0.717, 1.165) is 36.6 Å². The Kier molecular flexibility index (Phi) is 4.00. The topological polar surface area (TPSA) is 30.5 Å². The first-order valence-electron chi connectivity index (χ1n) is 7.33. The van der Waals surface area contributed by atoms with E-state index in [1.807, 2.05) is 6.07 Å². The van der Waals surface area contributed by atoms with Gasteiger partial charge in [-0.15, -0.1) is 0 Å². The van der Waals surface area contributed by atoms with Gasteiger partial charge in [0.15, 0.2) is 11.5 Å². The lowest BCUT2D eigenvalue weighted by Gasteiger charge is -2.27. The van der Waals surface area contributed by atoms with Crippen molar-refractivity contribution in [2.75, 3.05) is 26.1 Å². The smallest absolute Gasteiger partial charge is 0.162 e. The van der Waals surface area contributed by atoms with Crippen LogP contribution in [0.1, 0.15) is 11.1 Å². The Labute approximate surface area is 125 Å². The minimum atomic E-state index is 0.609. The molecular formula is C18H21NO2. The molecule has 1 aliphatic rings. The Balaban J connectivity index is 1.78. The number of fused-ring (bicyclic) bond motifs is 1. The molecule has 0 bridgehead atoms. The standard InChI is InChI=1S/C18H21NO2/c1-20-17-10-15-9-14(8-13-6-4-3-5-7-13)12-19-16(15)11-18(17)21-2/h3-7,10-11,14,19H,8-9,12H2,1-2H3. The van der Waals surface area contributed by atoms with Crippen LogP contribution >= 0.6 is 0 Å². The first kappa shape index (κ1) is 13.8. The lowest BCUT2D eigenvalue weighted by Crippen LogP contribution is -2.25. The molecule has 0 saturated carbocycles. The van der Waals surface area contributed by atoms with Crippen molar-refractivity contribution in [3.63, 3.8) is 0 Å². The van der Waals surface area contributed by atoms with Crippen molar-refractivity contribution >= 4 is 5.69 Å². The zero-order valence-electron chi connectivity index (χ0n) is 12.6. The van der Waals surface area contributed by atoms with Crippen LogP contribution in [0.3, 0.4) is 0 Å². The molecule has 0 saturated heterocycles. The Morgan fingerprint density at radius 1 is 1.05 bits per heavy atom. The summed E-state index contributed by atoms with van der Waals surface area (Å²) in [7, 11) is 3.35. The molecule has 0 radical (unpaired) electrons. The molecule has 2 aromatic rings. The third-order valence-corrected chi connectivity index (χ3v) is 4.07. The number of anilines is 1. The number of rotatable bonds is 4. The van der Waals surface area contributed by atoms with E-state index in [9.17, 15) is 0 Å². The largest absolute Gasteiger partial charge is 0.493 e. The van der Waals surface area contributed by atoms with Crippen molar-refractivity contribution in [2.24, 2.45) is 5.92 Å². The fourth-order valence-corrected chi connectivity index (χ4v) is 2.98. The summed E-state index contributed by atoms with van der Waals surface area (Å²) in [5, 5.41) is 3.52. The van der Waals surface area contributed by atoms with Gasteiger partial charge in [-0.25, -0.2) is 0 Å². The molecule has 3 heteroatoms. The molecule has 1 aliphatic heterocycles. The molecule has 1 unspecified atom stereocenters. The molecule has 1 heterocycles. The molecule has 0 spiro atoms. The normalized spacial score (nSPS) is 16.8. The summed E-state index contributed by atoms with van der Waals surface area (Å²) in [5.74, 6) is 2.20. The minimum absolute atomic E-state index is 0.609. The van der Waals surface area contributed by atoms with Crippen LogP contribution in [0.4, 0.5) is 5.69 Å². The van der Waals surface area contributed by atoms with Crippen molar-refractivity contribution in [3.05, 3.63) is 53.6 Å². The van der Waals surface area contributed by atoms with Gasteiger partial charge in [0.25, 0.3) is 0 Å². The monoisotopic (exact) mass is 283 g/mol. The van der Waals surface area contributed by atoms with Gasteiger partial charge in [0.1, 0.15) is 0 Å². The Hall–Kier alpha value is -2.16. The zero-order chi connectivity index (χ0) is 14.7. The van der Waals surface area contributed by atoms with E-state index in [4.69, 9.17) is 9.47 Å². The number of nitrogens with one attached hydrogen (secondary N) is 1. The van der Waals surface area contributed by atoms with Crippen molar-refractivity contribution in [1.82, 2.24) is 0 Å². The van der Waals surface area contributed by atoms with Crippen LogP contribution in [0.25, 0.3) is 0 Å². The summed E-state index contributed by atoms with van der Waals surface area (Å²) in [4.78, 5) is 0. The highest BCUT2D eigenvalue weighted by molar-refractivity contribution is 5.62. The number of methoxy groups -OCH3 is 2. The molecule has 21 heavy (non-hydrogen) atoms. The van der Waals surface area contributed by atoms with Gasteiger partial charge in [-0.2, -0.15) is 0 Å². The van der Waals surface area contributed by atoms with Crippen LogP contribution in [0.15, 0.2) is 42.5 Å². The van der Waals surface area contributed by atoms with E-state index in [0.29, 0.717) is 5.92 Å². The van der Waals surface area contributed by atoms with E-state index in [1.165, 1.54) is 11.1 Å². The first-order valence-corrected chi connectivity index (χ1v) is 7.33. The summed E-state index contributed by atoms with van der Waals surface area (Å²) in [6.07, 6.45) is 2.17. The second-order valence-corrected chi connectivity index (χ2v) is 5.51. The molecule has 3 nitrogen and oxygen atoms in total. The van der Waals surface area contributed by atoms with Gasteiger partial charge in [-0.1, -0.05) is 30.3 Å². The molecule has 110 valence electrons. The van der Waals surface area contributed by atoms with Crippen LogP contribution < -0.4 is 14.8 Å². The van der Waals surface area contributed by atoms with Gasteiger partial charge in [-0.3, -0.25) is 0 Å². The van der Waals surface area contributed by atoms with E-state index in [-0.39, 0.29) is 0 Å². The summed E-state index contributed by atoms with van der Waals surface area (Å²) in [6, 6.07) is 14.8. The highest BCUT2D eigenvalue weighted by Crippen LogP contribution is 2.36. The van der Waals surface area contributed by atoms with Crippen molar-refractivity contribution in [3.8, 4) is 11.5 Å². The highest BCUT2D eigenvalue weighted by atomic mass is 16.5. The summed E-state index contributed by atoms with van der Waals surface area (Å²) < 4.78 is 10.8. The quantitative estimate of drug-likeness (QED) is 0.931. The van der Waals surface area contributed by atoms with Gasteiger partial charge in [0.2, 0.25) is 0 Å². The maximum absolute atomic E-state index is 5.40. The van der Waals surface area contributed by atoms with Gasteiger partial charge < -0.3 is 14.8 Å². The molecule has 1 atom stereocenters. The van der Waals surface area contributed by atoms with Crippen molar-refractivity contribution in [2.45, 2.75) is 12.8 Å². The molecule has 0 amide bonds. The van der Waals surface area contributed by atoms with Crippen molar-refractivity contribution in [1.29, 1.82) is 0 Å². The number of hydrogen-bond donors (Lipinski definition) is 1. The number of hydrogen-bond acceptors (Lipinski definition) is 3. The van der Waals surface area contributed by atoms with Crippen LogP contribution in [0.2, 0.25) is 0 Å². The molecule has 3 rings (SSSR count). The third kappa shape index (κ3) is 2.97. The van der Waals surface area contributed by atoms with Crippen LogP contribution in [-0.2, 0) is 12.8 Å². The van der Waals surface area contributed by atoms with Crippen LogP contribution in [-0.4, -0.2) is 20.8 Å². The van der Waals surface area contributed by atoms with Crippen LogP contribution in [0, 0.1) is 5.92 Å². The fourth-order valence-electron chi connectivity index (χ4n) is 2.98. The predicted molar refractivity (Wildman–Crippen MR) is 85.4 cm³/mol. The van der Waals surface area contributed by atoms with E-state index in [1.54, 1.807) is 14.2 Å². The molecule has 1 N–H and O–H groups in total. The fraction of sp³-hybridized carbons (Fsp3) is 0.333. The third-order valence-electron chi connectivity index (χ3n) is 4.07. The highest BCUT2D eigenvalue weighted by Gasteiger charge is 2.21. The van der Waals surface area contributed by atoms with E-state index < -0.39 is 0 Å². The lowest BCUT2D eigenvalue weighted by molar-refractivity contribution is 0.354. The van der Waals surface area contributed by atoms with Crippen LogP contribution in [0.5, 0.6) is 11.5 Å². The SMILES string of the molecule is COc1cc2c(cc1OC)NCC(Cc1ccccc1)C2. The first-order chi connectivity index (χ1) is 10.3. The molecule has 2 aromatic carbocycles. The summed E-state index contributed by atoms with van der Waals surface area (Å²) >= 11 is 0. The Morgan fingerprint density at radius 2 is 1.76 bits per heavy atom. The predicted octanol–water partition coefficient (Wildman–Crippen LogP) is 3.53. The van der Waals surface area contributed by atoms with Gasteiger partial charge in [0, 0.05) is 18.3 Å². The van der Waals surface area contributed by atoms with Gasteiger partial charge in [-0.05, 0) is 36.0 Å². The average molecular weight is 283 g/mol. The van der Waals surface area contributed by atoms with E-state index >= 15 is 0 Å². The minimum Gasteiger partial charge on any atom is -0.493 e. The summed E-state index contributed by atoms with van der Waals surface area (Å²) in [5.41, 5.74) is 3.87. The van der Waals surface area contributed by atoms with Crippen molar-refractivity contribution < 1.29 is 9.47 Å². The Bertz CT molecular complexity index is 610. The molecule has 0 aliphatic carbocycles.